The van der Waals surface area contributed by atoms with Crippen LogP contribution in [0.2, 0.25) is 0 Å². The highest BCUT2D eigenvalue weighted by Crippen LogP contribution is 2.33. The average Bonchev–Trinajstić information content (AvgIpc) is 2.92. The predicted molar refractivity (Wildman–Crippen MR) is 76.2 cm³/mol. The van der Waals surface area contributed by atoms with E-state index in [1.165, 1.54) is 31.4 Å². The molecule has 1 unspecified atom stereocenters. The van der Waals surface area contributed by atoms with Crippen molar-refractivity contribution < 1.29 is 0 Å². The maximum Gasteiger partial charge on any atom is 0.147 e. The summed E-state index contributed by atoms with van der Waals surface area (Å²) in [4.78, 5) is 11.9. The van der Waals surface area contributed by atoms with E-state index in [0.29, 0.717) is 12.0 Å². The molecule has 0 spiro atoms. The average molecular weight is 260 g/mol. The SMILES string of the molecule is Cc1cc(C2CCCC2)nc(C2CNCCN2C)n1. The lowest BCUT2D eigenvalue weighted by atomic mass is 10.0. The Bertz CT molecular complexity index is 440. The van der Waals surface area contributed by atoms with Crippen LogP contribution < -0.4 is 5.32 Å². The second kappa shape index (κ2) is 5.55. The third kappa shape index (κ3) is 2.79. The summed E-state index contributed by atoms with van der Waals surface area (Å²) in [5.74, 6) is 1.68. The van der Waals surface area contributed by atoms with Crippen LogP contribution in [0.15, 0.2) is 6.07 Å². The molecule has 4 nitrogen and oxygen atoms in total. The lowest BCUT2D eigenvalue weighted by Crippen LogP contribution is -2.44. The number of aromatic nitrogens is 2. The van der Waals surface area contributed by atoms with Crippen LogP contribution in [-0.4, -0.2) is 41.5 Å². The highest BCUT2D eigenvalue weighted by atomic mass is 15.2. The van der Waals surface area contributed by atoms with Crippen LogP contribution in [0.4, 0.5) is 0 Å². The van der Waals surface area contributed by atoms with Crippen molar-refractivity contribution in [1.29, 1.82) is 0 Å². The number of nitrogens with zero attached hydrogens (tertiary/aromatic N) is 3. The van der Waals surface area contributed by atoms with E-state index in [1.807, 2.05) is 0 Å². The van der Waals surface area contributed by atoms with E-state index in [2.05, 4.69) is 35.2 Å². The predicted octanol–water partition coefficient (Wildman–Crippen LogP) is 2.02. The number of hydrogen-bond acceptors (Lipinski definition) is 4. The molecule has 0 amide bonds. The summed E-state index contributed by atoms with van der Waals surface area (Å²) in [5, 5.41) is 3.45. The molecular formula is C15H24N4. The monoisotopic (exact) mass is 260 g/mol. The van der Waals surface area contributed by atoms with Gasteiger partial charge in [0.15, 0.2) is 0 Å². The molecule has 2 aliphatic rings. The van der Waals surface area contributed by atoms with E-state index in [1.54, 1.807) is 0 Å². The van der Waals surface area contributed by atoms with Gasteiger partial charge in [-0.15, -0.1) is 0 Å². The van der Waals surface area contributed by atoms with Crippen LogP contribution in [-0.2, 0) is 0 Å². The molecule has 1 aliphatic heterocycles. The van der Waals surface area contributed by atoms with Gasteiger partial charge < -0.3 is 5.32 Å². The fourth-order valence-electron chi connectivity index (χ4n) is 3.29. The zero-order valence-electron chi connectivity index (χ0n) is 12.0. The smallest absolute Gasteiger partial charge is 0.147 e. The van der Waals surface area contributed by atoms with Gasteiger partial charge in [-0.05, 0) is 32.9 Å². The summed E-state index contributed by atoms with van der Waals surface area (Å²) in [6, 6.07) is 2.52. The molecule has 1 N–H and O–H groups in total. The van der Waals surface area contributed by atoms with Crippen molar-refractivity contribution in [3.63, 3.8) is 0 Å². The molecule has 0 bridgehead atoms. The van der Waals surface area contributed by atoms with E-state index in [4.69, 9.17) is 4.98 Å². The third-order valence-corrected chi connectivity index (χ3v) is 4.47. The minimum Gasteiger partial charge on any atom is -0.313 e. The lowest BCUT2D eigenvalue weighted by Gasteiger charge is -2.32. The number of piperazine rings is 1. The summed E-state index contributed by atoms with van der Waals surface area (Å²) in [7, 11) is 2.17. The van der Waals surface area contributed by atoms with Crippen molar-refractivity contribution >= 4 is 0 Å². The molecule has 1 saturated heterocycles. The Morgan fingerprint density at radius 3 is 2.79 bits per heavy atom. The zero-order valence-corrected chi connectivity index (χ0v) is 12.0. The van der Waals surface area contributed by atoms with Gasteiger partial charge in [0.1, 0.15) is 5.82 Å². The van der Waals surface area contributed by atoms with Gasteiger partial charge in [-0.1, -0.05) is 12.8 Å². The molecule has 1 aromatic rings. The van der Waals surface area contributed by atoms with Crippen LogP contribution in [0.5, 0.6) is 0 Å². The second-order valence-corrected chi connectivity index (χ2v) is 5.97. The maximum absolute atomic E-state index is 4.90. The Kier molecular flexibility index (Phi) is 3.80. The summed E-state index contributed by atoms with van der Waals surface area (Å²) in [6.07, 6.45) is 5.31. The van der Waals surface area contributed by atoms with Gasteiger partial charge in [-0.2, -0.15) is 0 Å². The van der Waals surface area contributed by atoms with Crippen molar-refractivity contribution in [2.75, 3.05) is 26.7 Å². The summed E-state index contributed by atoms with van der Waals surface area (Å²) in [5.41, 5.74) is 2.39. The number of hydrogen-bond donors (Lipinski definition) is 1. The maximum atomic E-state index is 4.90. The first-order valence-corrected chi connectivity index (χ1v) is 7.50. The van der Waals surface area contributed by atoms with Crippen LogP contribution in [0.1, 0.15) is 54.9 Å². The Morgan fingerprint density at radius 2 is 2.05 bits per heavy atom. The molecule has 0 aromatic carbocycles. The molecule has 104 valence electrons. The number of aryl methyl sites for hydroxylation is 1. The highest BCUT2D eigenvalue weighted by Gasteiger charge is 2.25. The van der Waals surface area contributed by atoms with Crippen LogP contribution in [0.25, 0.3) is 0 Å². The quantitative estimate of drug-likeness (QED) is 0.883. The first kappa shape index (κ1) is 13.0. The Morgan fingerprint density at radius 1 is 1.26 bits per heavy atom. The van der Waals surface area contributed by atoms with Crippen molar-refractivity contribution in [3.05, 3.63) is 23.3 Å². The van der Waals surface area contributed by atoms with Crippen LogP contribution in [0.3, 0.4) is 0 Å². The van der Waals surface area contributed by atoms with Gasteiger partial charge in [0.05, 0.1) is 6.04 Å². The van der Waals surface area contributed by atoms with Gasteiger partial charge in [-0.25, -0.2) is 9.97 Å². The van der Waals surface area contributed by atoms with Crippen molar-refractivity contribution in [3.8, 4) is 0 Å². The largest absolute Gasteiger partial charge is 0.313 e. The van der Waals surface area contributed by atoms with E-state index in [9.17, 15) is 0 Å². The molecular weight excluding hydrogens is 236 g/mol. The summed E-state index contributed by atoms with van der Waals surface area (Å²) in [6.45, 7) is 5.19. The van der Waals surface area contributed by atoms with E-state index < -0.39 is 0 Å². The van der Waals surface area contributed by atoms with Crippen LogP contribution in [0, 0.1) is 6.92 Å². The van der Waals surface area contributed by atoms with Gasteiger partial charge in [-0.3, -0.25) is 4.90 Å². The summed E-state index contributed by atoms with van der Waals surface area (Å²) >= 11 is 0. The minimum absolute atomic E-state index is 0.328. The molecule has 0 radical (unpaired) electrons. The minimum atomic E-state index is 0.328. The van der Waals surface area contributed by atoms with Gasteiger partial charge in [0.25, 0.3) is 0 Å². The summed E-state index contributed by atoms with van der Waals surface area (Å²) < 4.78 is 0. The molecule has 2 heterocycles. The topological polar surface area (TPSA) is 41.1 Å². The fraction of sp³-hybridized carbons (Fsp3) is 0.733. The molecule has 3 rings (SSSR count). The zero-order chi connectivity index (χ0) is 13.2. The molecule has 1 atom stereocenters. The normalized spacial score (nSPS) is 25.9. The Balaban J connectivity index is 1.88. The molecule has 1 aliphatic carbocycles. The van der Waals surface area contributed by atoms with Crippen LogP contribution >= 0.6 is 0 Å². The van der Waals surface area contributed by atoms with E-state index >= 15 is 0 Å². The van der Waals surface area contributed by atoms with E-state index in [-0.39, 0.29) is 0 Å². The fourth-order valence-corrected chi connectivity index (χ4v) is 3.29. The third-order valence-electron chi connectivity index (χ3n) is 4.47. The standard InChI is InChI=1S/C15H24N4/c1-11-9-13(12-5-3-4-6-12)18-15(17-11)14-10-16-7-8-19(14)2/h9,12,14,16H,3-8,10H2,1-2H3. The molecule has 19 heavy (non-hydrogen) atoms. The van der Waals surface area contributed by atoms with Gasteiger partial charge >= 0.3 is 0 Å². The molecule has 1 aromatic heterocycles. The van der Waals surface area contributed by atoms with E-state index in [0.717, 1.165) is 31.2 Å². The highest BCUT2D eigenvalue weighted by molar-refractivity contribution is 5.17. The van der Waals surface area contributed by atoms with Crippen molar-refractivity contribution in [1.82, 2.24) is 20.2 Å². The lowest BCUT2D eigenvalue weighted by molar-refractivity contribution is 0.193. The number of nitrogens with one attached hydrogen (secondary N) is 1. The Labute approximate surface area is 115 Å². The number of likely N-dealkylation sites (N-methyl/N-ethyl adjacent to an activating group) is 1. The number of rotatable bonds is 2. The van der Waals surface area contributed by atoms with Gasteiger partial charge in [0, 0.05) is 36.9 Å². The van der Waals surface area contributed by atoms with Crippen molar-refractivity contribution in [2.24, 2.45) is 0 Å². The first-order chi connectivity index (χ1) is 9.24. The van der Waals surface area contributed by atoms with Gasteiger partial charge in [0.2, 0.25) is 0 Å². The van der Waals surface area contributed by atoms with Crippen molar-refractivity contribution in [2.45, 2.75) is 44.6 Å². The Hall–Kier alpha value is -1.00. The molecule has 2 fully saturated rings. The second-order valence-electron chi connectivity index (χ2n) is 5.97. The molecule has 4 heteroatoms. The first-order valence-electron chi connectivity index (χ1n) is 7.50. The molecule has 1 saturated carbocycles.